The largest absolute Gasteiger partial charge is 0.391 e. The molecule has 3 heterocycles. The highest BCUT2D eigenvalue weighted by Gasteiger charge is 2.28. The third kappa shape index (κ3) is 1.77. The van der Waals surface area contributed by atoms with Gasteiger partial charge in [-0.15, -0.1) is 0 Å². The fourth-order valence-electron chi connectivity index (χ4n) is 1.72. The van der Waals surface area contributed by atoms with E-state index in [2.05, 4.69) is 15.0 Å². The van der Waals surface area contributed by atoms with Crippen molar-refractivity contribution in [2.24, 2.45) is 0 Å². The van der Waals surface area contributed by atoms with Crippen molar-refractivity contribution in [3.63, 3.8) is 0 Å². The fraction of sp³-hybridized carbons (Fsp3) is 0.444. The maximum atomic E-state index is 8.92. The third-order valence-corrected chi connectivity index (χ3v) is 2.78. The van der Waals surface area contributed by atoms with Gasteiger partial charge in [-0.3, -0.25) is 4.57 Å². The number of hydrogen-bond donors (Lipinski definition) is 1. The lowest BCUT2D eigenvalue weighted by molar-refractivity contribution is -0.0980. The van der Waals surface area contributed by atoms with E-state index in [1.807, 2.05) is 0 Å². The van der Waals surface area contributed by atoms with Gasteiger partial charge in [0.15, 0.2) is 23.3 Å². The van der Waals surface area contributed by atoms with Crippen LogP contribution in [0, 0.1) is 0 Å². The van der Waals surface area contributed by atoms with Gasteiger partial charge in [0, 0.05) is 0 Å². The lowest BCUT2D eigenvalue weighted by Crippen LogP contribution is -2.15. The van der Waals surface area contributed by atoms with Crippen LogP contribution < -0.4 is 0 Å². The van der Waals surface area contributed by atoms with E-state index in [0.29, 0.717) is 22.9 Å². The molecule has 1 N–H and O–H groups in total. The molecule has 1 aliphatic rings. The molecule has 2 aromatic rings. The first-order chi connectivity index (χ1) is 8.29. The number of nitrogens with zero attached hydrogens (tertiary/aromatic N) is 4. The van der Waals surface area contributed by atoms with E-state index in [0.717, 1.165) is 0 Å². The van der Waals surface area contributed by atoms with Crippen LogP contribution >= 0.6 is 11.6 Å². The molecule has 2 atom stereocenters. The highest BCUT2D eigenvalue weighted by atomic mass is 35.5. The molecule has 0 radical (unpaired) electrons. The SMILES string of the molecule is OCC1OCC(n2cnc3c(Cl)ncnc32)O1. The zero-order chi connectivity index (χ0) is 11.8. The van der Waals surface area contributed by atoms with Crippen LogP contribution in [0.15, 0.2) is 12.7 Å². The second kappa shape index (κ2) is 4.19. The first-order valence-electron chi connectivity index (χ1n) is 5.00. The number of hydrogen-bond acceptors (Lipinski definition) is 6. The number of aliphatic hydroxyl groups is 1. The molecule has 17 heavy (non-hydrogen) atoms. The predicted molar refractivity (Wildman–Crippen MR) is 57.3 cm³/mol. The fourth-order valence-corrected chi connectivity index (χ4v) is 1.90. The van der Waals surface area contributed by atoms with Gasteiger partial charge in [0.1, 0.15) is 11.8 Å². The number of aliphatic hydroxyl groups excluding tert-OH is 1. The second-order valence-corrected chi connectivity index (χ2v) is 3.88. The number of halogens is 1. The highest BCUT2D eigenvalue weighted by molar-refractivity contribution is 6.33. The molecule has 0 spiro atoms. The molecular formula is C9H9ClN4O3. The maximum absolute atomic E-state index is 8.92. The molecule has 1 fully saturated rings. The van der Waals surface area contributed by atoms with E-state index >= 15 is 0 Å². The van der Waals surface area contributed by atoms with Crippen molar-refractivity contribution in [2.45, 2.75) is 12.5 Å². The summed E-state index contributed by atoms with van der Waals surface area (Å²) in [6.07, 6.45) is 1.97. The van der Waals surface area contributed by atoms with Gasteiger partial charge in [-0.25, -0.2) is 15.0 Å². The summed E-state index contributed by atoms with van der Waals surface area (Å²) < 4.78 is 12.4. The van der Waals surface area contributed by atoms with Crippen LogP contribution in [-0.2, 0) is 9.47 Å². The van der Waals surface area contributed by atoms with Gasteiger partial charge in [0.05, 0.1) is 19.5 Å². The Balaban J connectivity index is 1.99. The van der Waals surface area contributed by atoms with Crippen LogP contribution in [-0.4, -0.2) is 44.1 Å². The molecule has 0 aliphatic carbocycles. The Morgan fingerprint density at radius 1 is 1.47 bits per heavy atom. The molecule has 0 amide bonds. The summed E-state index contributed by atoms with van der Waals surface area (Å²) in [5.41, 5.74) is 1.10. The Hall–Kier alpha value is -1.28. The summed E-state index contributed by atoms with van der Waals surface area (Å²) in [4.78, 5) is 12.1. The first kappa shape index (κ1) is 10.8. The first-order valence-corrected chi connectivity index (χ1v) is 5.38. The van der Waals surface area contributed by atoms with Crippen molar-refractivity contribution in [3.8, 4) is 0 Å². The minimum Gasteiger partial charge on any atom is -0.391 e. The van der Waals surface area contributed by atoms with Gasteiger partial charge >= 0.3 is 0 Å². The van der Waals surface area contributed by atoms with Crippen LogP contribution in [0.1, 0.15) is 6.23 Å². The number of aromatic nitrogens is 4. The van der Waals surface area contributed by atoms with Crippen molar-refractivity contribution in [3.05, 3.63) is 17.8 Å². The zero-order valence-corrected chi connectivity index (χ0v) is 9.41. The van der Waals surface area contributed by atoms with Gasteiger partial charge in [-0.2, -0.15) is 0 Å². The minimum absolute atomic E-state index is 0.182. The maximum Gasteiger partial charge on any atom is 0.183 e. The summed E-state index contributed by atoms with van der Waals surface area (Å²) >= 11 is 5.89. The van der Waals surface area contributed by atoms with E-state index in [1.54, 1.807) is 10.9 Å². The quantitative estimate of drug-likeness (QED) is 0.781. The molecule has 7 nitrogen and oxygen atoms in total. The normalized spacial score (nSPS) is 24.6. The van der Waals surface area contributed by atoms with Crippen molar-refractivity contribution >= 4 is 22.8 Å². The predicted octanol–water partition coefficient (Wildman–Crippen LogP) is 0.343. The van der Waals surface area contributed by atoms with Gasteiger partial charge < -0.3 is 14.6 Å². The van der Waals surface area contributed by atoms with E-state index in [1.165, 1.54) is 6.33 Å². The molecule has 90 valence electrons. The average molecular weight is 257 g/mol. The summed E-state index contributed by atoms with van der Waals surface area (Å²) in [6.45, 7) is 0.150. The molecule has 0 saturated carbocycles. The van der Waals surface area contributed by atoms with E-state index < -0.39 is 6.29 Å². The van der Waals surface area contributed by atoms with Crippen molar-refractivity contribution < 1.29 is 14.6 Å². The third-order valence-electron chi connectivity index (χ3n) is 2.51. The summed E-state index contributed by atoms with van der Waals surface area (Å²) in [5.74, 6) is 0. The van der Waals surface area contributed by atoms with E-state index in [-0.39, 0.29) is 12.8 Å². The van der Waals surface area contributed by atoms with Crippen LogP contribution in [0.4, 0.5) is 0 Å². The molecule has 1 aliphatic heterocycles. The average Bonchev–Trinajstić information content (AvgIpc) is 2.94. The minimum atomic E-state index is -0.602. The highest BCUT2D eigenvalue weighted by Crippen LogP contribution is 2.25. The summed E-state index contributed by atoms with van der Waals surface area (Å²) in [7, 11) is 0. The van der Waals surface area contributed by atoms with Crippen molar-refractivity contribution in [1.29, 1.82) is 0 Å². The number of imidazole rings is 1. The summed E-state index contributed by atoms with van der Waals surface area (Å²) in [5, 5.41) is 9.21. The van der Waals surface area contributed by atoms with E-state index in [9.17, 15) is 0 Å². The number of ether oxygens (including phenoxy) is 2. The van der Waals surface area contributed by atoms with Crippen molar-refractivity contribution in [2.75, 3.05) is 13.2 Å². The van der Waals surface area contributed by atoms with Gasteiger partial charge in [-0.05, 0) is 0 Å². The van der Waals surface area contributed by atoms with Crippen LogP contribution in [0.25, 0.3) is 11.2 Å². The van der Waals surface area contributed by atoms with Gasteiger partial charge in [-0.1, -0.05) is 11.6 Å². The standard InChI is InChI=1S/C9H9ClN4O3/c10-8-7-9(12-3-11-8)14(4-13-7)5-2-16-6(1-15)17-5/h3-6,15H,1-2H2. The monoisotopic (exact) mass is 256 g/mol. The van der Waals surface area contributed by atoms with Crippen LogP contribution in [0.3, 0.4) is 0 Å². The molecule has 0 bridgehead atoms. The molecule has 0 aromatic carbocycles. The van der Waals surface area contributed by atoms with Crippen molar-refractivity contribution in [1.82, 2.24) is 19.5 Å². The lowest BCUT2D eigenvalue weighted by Gasteiger charge is -2.10. The molecule has 2 aromatic heterocycles. The number of rotatable bonds is 2. The molecular weight excluding hydrogens is 248 g/mol. The molecule has 2 unspecified atom stereocenters. The second-order valence-electron chi connectivity index (χ2n) is 3.52. The van der Waals surface area contributed by atoms with E-state index in [4.69, 9.17) is 26.2 Å². The molecule has 3 rings (SSSR count). The van der Waals surface area contributed by atoms with Gasteiger partial charge in [0.2, 0.25) is 0 Å². The molecule has 1 saturated heterocycles. The Bertz CT molecular complexity index is 546. The summed E-state index contributed by atoms with van der Waals surface area (Å²) in [6, 6.07) is 0. The Morgan fingerprint density at radius 2 is 2.35 bits per heavy atom. The number of fused-ring (bicyclic) bond motifs is 1. The smallest absolute Gasteiger partial charge is 0.183 e. The topological polar surface area (TPSA) is 82.3 Å². The Kier molecular flexibility index (Phi) is 2.67. The Morgan fingerprint density at radius 3 is 3.12 bits per heavy atom. The zero-order valence-electron chi connectivity index (χ0n) is 8.65. The van der Waals surface area contributed by atoms with Crippen LogP contribution in [0.2, 0.25) is 5.15 Å². The van der Waals surface area contributed by atoms with Gasteiger partial charge in [0.25, 0.3) is 0 Å². The molecule has 8 heteroatoms. The lowest BCUT2D eigenvalue weighted by atomic mass is 10.5. The van der Waals surface area contributed by atoms with Crippen LogP contribution in [0.5, 0.6) is 0 Å². The Labute approximate surface area is 101 Å².